The third-order valence-electron chi connectivity index (χ3n) is 6.33. The number of halogens is 1. The summed E-state index contributed by atoms with van der Waals surface area (Å²) in [5, 5.41) is 10.2. The lowest BCUT2D eigenvalue weighted by atomic mass is 10.1. The van der Waals surface area contributed by atoms with E-state index < -0.39 is 42.3 Å². The molecule has 2 saturated heterocycles. The number of fused-ring (bicyclic) bond motifs is 2. The Hall–Kier alpha value is -2.92. The van der Waals surface area contributed by atoms with Gasteiger partial charge < -0.3 is 29.0 Å². The summed E-state index contributed by atoms with van der Waals surface area (Å²) in [7, 11) is 1.27. The number of esters is 1. The third-order valence-corrected chi connectivity index (χ3v) is 6.33. The maximum atomic E-state index is 14.9. The van der Waals surface area contributed by atoms with Crippen LogP contribution in [0.5, 0.6) is 5.75 Å². The van der Waals surface area contributed by atoms with E-state index in [2.05, 4.69) is 4.74 Å². The summed E-state index contributed by atoms with van der Waals surface area (Å²) in [5.41, 5.74) is -0.0681. The Morgan fingerprint density at radius 3 is 2.76 bits per heavy atom. The van der Waals surface area contributed by atoms with Crippen molar-refractivity contribution in [3.63, 3.8) is 0 Å². The van der Waals surface area contributed by atoms with E-state index in [1.54, 1.807) is 4.90 Å². The first-order valence-electron chi connectivity index (χ1n) is 11.5. The Morgan fingerprint density at radius 2 is 2.06 bits per heavy atom. The summed E-state index contributed by atoms with van der Waals surface area (Å²) < 4.78 is 36.8. The van der Waals surface area contributed by atoms with Gasteiger partial charge in [-0.05, 0) is 44.6 Å². The Kier molecular flexibility index (Phi) is 7.52. The summed E-state index contributed by atoms with van der Waals surface area (Å²) >= 11 is 0. The Bertz CT molecular complexity index is 936. The van der Waals surface area contributed by atoms with Gasteiger partial charge in [0.1, 0.15) is 0 Å². The van der Waals surface area contributed by atoms with Crippen LogP contribution < -0.4 is 9.64 Å². The van der Waals surface area contributed by atoms with Crippen molar-refractivity contribution in [3.8, 4) is 5.75 Å². The molecule has 10 nitrogen and oxygen atoms in total. The van der Waals surface area contributed by atoms with Gasteiger partial charge in [0.2, 0.25) is 0 Å². The van der Waals surface area contributed by atoms with Crippen LogP contribution in [0.4, 0.5) is 14.9 Å². The fraction of sp³-hybridized carbons (Fsp3) is 0.609. The largest absolute Gasteiger partial charge is 0.490 e. The maximum Gasteiger partial charge on any atom is 0.414 e. The number of carboxylic acid groups (broad SMARTS) is 1. The number of rotatable bonds is 7. The van der Waals surface area contributed by atoms with Crippen molar-refractivity contribution in [2.75, 3.05) is 31.8 Å². The Balaban J connectivity index is 1.66. The number of hydrogen-bond donors (Lipinski definition) is 1. The van der Waals surface area contributed by atoms with Crippen molar-refractivity contribution >= 4 is 23.7 Å². The quantitative estimate of drug-likeness (QED) is 0.468. The highest BCUT2D eigenvalue weighted by molar-refractivity contribution is 6.05. The topological polar surface area (TPSA) is 115 Å². The van der Waals surface area contributed by atoms with Crippen molar-refractivity contribution in [1.82, 2.24) is 4.90 Å². The van der Waals surface area contributed by atoms with Gasteiger partial charge in [-0.1, -0.05) is 0 Å². The van der Waals surface area contributed by atoms with Crippen LogP contribution in [0.25, 0.3) is 0 Å². The van der Waals surface area contributed by atoms with Gasteiger partial charge in [-0.2, -0.15) is 0 Å². The van der Waals surface area contributed by atoms with E-state index in [9.17, 15) is 23.9 Å². The highest BCUT2D eigenvalue weighted by Gasteiger charge is 2.47. The van der Waals surface area contributed by atoms with E-state index in [1.807, 2.05) is 0 Å². The van der Waals surface area contributed by atoms with E-state index in [4.69, 9.17) is 14.2 Å². The third kappa shape index (κ3) is 4.95. The lowest BCUT2D eigenvalue weighted by Crippen LogP contribution is -2.53. The van der Waals surface area contributed by atoms with E-state index >= 15 is 0 Å². The van der Waals surface area contributed by atoms with Gasteiger partial charge in [-0.25, -0.2) is 14.1 Å². The molecule has 1 aromatic carbocycles. The number of amides is 2. The van der Waals surface area contributed by atoms with E-state index in [0.717, 1.165) is 23.8 Å². The second kappa shape index (κ2) is 10.6. The SMILES string of the molecule is COC(=O)CCCOc1cc2c(cc1F)C(=O)N1CCC[C@H]1C(OC1CCCCO1)N2C(=O)O. The summed E-state index contributed by atoms with van der Waals surface area (Å²) in [5.74, 6) is -1.87. The molecule has 0 bridgehead atoms. The number of carbonyl (C=O) groups excluding carboxylic acids is 2. The molecule has 2 fully saturated rings. The standard InChI is InChI=1S/C23H29FN2O8/c1-31-19(27)7-5-11-32-18-13-17-14(12-15(18)24)21(28)25-9-4-6-16(25)22(26(17)23(29)30)34-20-8-2-3-10-33-20/h12-13,16,20,22H,2-11H2,1H3,(H,29,30)/t16-,20?,22?/m0/s1. The molecule has 0 aromatic heterocycles. The minimum absolute atomic E-state index is 0.00271. The molecule has 3 atom stereocenters. The lowest BCUT2D eigenvalue weighted by Gasteiger charge is -2.37. The van der Waals surface area contributed by atoms with Gasteiger partial charge in [0, 0.05) is 25.6 Å². The minimum atomic E-state index is -1.33. The Labute approximate surface area is 196 Å². The molecule has 34 heavy (non-hydrogen) atoms. The van der Waals surface area contributed by atoms with Crippen LogP contribution in [0.1, 0.15) is 55.3 Å². The molecule has 3 heterocycles. The van der Waals surface area contributed by atoms with Crippen LogP contribution in [0.3, 0.4) is 0 Å². The fourth-order valence-electron chi connectivity index (χ4n) is 4.67. The monoisotopic (exact) mass is 480 g/mol. The second-order valence-electron chi connectivity index (χ2n) is 8.51. The molecule has 11 heteroatoms. The van der Waals surface area contributed by atoms with Gasteiger partial charge in [-0.15, -0.1) is 0 Å². The molecule has 1 N–H and O–H groups in total. The Morgan fingerprint density at radius 1 is 1.24 bits per heavy atom. The number of anilines is 1. The number of benzene rings is 1. The summed E-state index contributed by atoms with van der Waals surface area (Å²) in [6.07, 6.45) is 1.11. The number of methoxy groups -OCH3 is 1. The van der Waals surface area contributed by atoms with Gasteiger partial charge in [-0.3, -0.25) is 9.59 Å². The average molecular weight is 480 g/mol. The predicted octanol–water partition coefficient (Wildman–Crippen LogP) is 3.13. The molecule has 2 unspecified atom stereocenters. The molecule has 2 amide bonds. The van der Waals surface area contributed by atoms with Crippen LogP contribution in [0.2, 0.25) is 0 Å². The molecular formula is C23H29FN2O8. The van der Waals surface area contributed by atoms with E-state index in [1.165, 1.54) is 13.2 Å². The molecule has 3 aliphatic heterocycles. The van der Waals surface area contributed by atoms with Crippen LogP contribution in [0.15, 0.2) is 12.1 Å². The van der Waals surface area contributed by atoms with Crippen LogP contribution >= 0.6 is 0 Å². The van der Waals surface area contributed by atoms with Gasteiger partial charge in [0.15, 0.2) is 24.1 Å². The minimum Gasteiger partial charge on any atom is -0.490 e. The van der Waals surface area contributed by atoms with Crippen LogP contribution in [0, 0.1) is 5.82 Å². The zero-order valence-corrected chi connectivity index (χ0v) is 19.0. The van der Waals surface area contributed by atoms with Gasteiger partial charge in [0.25, 0.3) is 5.91 Å². The van der Waals surface area contributed by atoms with Crippen LogP contribution in [-0.2, 0) is 19.0 Å². The lowest BCUT2D eigenvalue weighted by molar-refractivity contribution is -0.195. The van der Waals surface area contributed by atoms with Crippen molar-refractivity contribution in [3.05, 3.63) is 23.5 Å². The normalized spacial score (nSPS) is 24.3. The predicted molar refractivity (Wildman–Crippen MR) is 116 cm³/mol. The molecule has 0 saturated carbocycles. The molecule has 0 aliphatic carbocycles. The zero-order chi connectivity index (χ0) is 24.2. The number of hydrogen-bond acceptors (Lipinski definition) is 7. The molecular weight excluding hydrogens is 451 g/mol. The van der Waals surface area contributed by atoms with Crippen molar-refractivity contribution in [2.45, 2.75) is 63.5 Å². The van der Waals surface area contributed by atoms with Crippen LogP contribution in [-0.4, -0.2) is 73.4 Å². The summed E-state index contributed by atoms with van der Waals surface area (Å²) in [6.45, 7) is 0.953. The van der Waals surface area contributed by atoms with Crippen molar-refractivity contribution < 1.29 is 42.8 Å². The summed E-state index contributed by atoms with van der Waals surface area (Å²) in [4.78, 5) is 39.6. The number of ether oxygens (including phenoxy) is 4. The molecule has 0 radical (unpaired) electrons. The molecule has 0 spiro atoms. The highest BCUT2D eigenvalue weighted by atomic mass is 19.1. The number of carbonyl (C=O) groups is 3. The van der Waals surface area contributed by atoms with Gasteiger partial charge in [0.05, 0.1) is 31.0 Å². The first-order chi connectivity index (χ1) is 16.4. The molecule has 3 aliphatic rings. The smallest absolute Gasteiger partial charge is 0.414 e. The van der Waals surface area contributed by atoms with Crippen molar-refractivity contribution in [2.24, 2.45) is 0 Å². The first-order valence-corrected chi connectivity index (χ1v) is 11.5. The average Bonchev–Trinajstić information content (AvgIpc) is 3.29. The maximum absolute atomic E-state index is 14.9. The fourth-order valence-corrected chi connectivity index (χ4v) is 4.67. The molecule has 1 aromatic rings. The second-order valence-corrected chi connectivity index (χ2v) is 8.51. The van der Waals surface area contributed by atoms with Gasteiger partial charge >= 0.3 is 12.1 Å². The summed E-state index contributed by atoms with van der Waals surface area (Å²) in [6, 6.07) is 1.71. The van der Waals surface area contributed by atoms with E-state index in [-0.39, 0.29) is 36.4 Å². The highest BCUT2D eigenvalue weighted by Crippen LogP contribution is 2.39. The first kappa shape index (κ1) is 24.2. The zero-order valence-electron chi connectivity index (χ0n) is 19.0. The van der Waals surface area contributed by atoms with Crippen molar-refractivity contribution in [1.29, 1.82) is 0 Å². The molecule has 4 rings (SSSR count). The molecule has 186 valence electrons. The number of nitrogens with zero attached hydrogens (tertiary/aromatic N) is 2. The van der Waals surface area contributed by atoms with E-state index in [0.29, 0.717) is 32.4 Å².